The molecule has 0 heterocycles. The van der Waals surface area contributed by atoms with Gasteiger partial charge in [0.2, 0.25) is 10.0 Å². The molecule has 0 unspecified atom stereocenters. The van der Waals surface area contributed by atoms with Gasteiger partial charge in [-0.25, -0.2) is 8.42 Å². The second kappa shape index (κ2) is 9.10. The molecule has 130 valence electrons. The standard InChI is InChI=1S/C14H16ClN3O5S/c1-24(21,22)18(12-5-2-4-11(15)8-12)9-14(20)23-10-13(19)17-7-3-6-16/h2,4-5,8H,3,7,9-10H2,1H3,(H,17,19). The molecule has 1 aromatic rings. The van der Waals surface area contributed by atoms with Crippen LogP contribution in [0, 0.1) is 11.3 Å². The number of anilines is 1. The molecule has 0 atom stereocenters. The molecule has 1 aromatic carbocycles. The Labute approximate surface area is 145 Å². The summed E-state index contributed by atoms with van der Waals surface area (Å²) in [5.74, 6) is -1.47. The Kier molecular flexibility index (Phi) is 7.48. The molecule has 0 aliphatic rings. The number of esters is 1. The van der Waals surface area contributed by atoms with Crippen molar-refractivity contribution in [1.29, 1.82) is 5.26 Å². The Bertz CT molecular complexity index is 745. The van der Waals surface area contributed by atoms with Crippen LogP contribution < -0.4 is 9.62 Å². The highest BCUT2D eigenvalue weighted by Crippen LogP contribution is 2.21. The zero-order valence-corrected chi connectivity index (χ0v) is 14.4. The molecule has 0 saturated heterocycles. The molecule has 1 rings (SSSR count). The van der Waals surface area contributed by atoms with E-state index < -0.39 is 35.1 Å². The number of sulfonamides is 1. The van der Waals surface area contributed by atoms with Crippen LogP contribution in [0.1, 0.15) is 6.42 Å². The van der Waals surface area contributed by atoms with Gasteiger partial charge in [-0.2, -0.15) is 5.26 Å². The average molecular weight is 374 g/mol. The number of nitrogens with zero attached hydrogens (tertiary/aromatic N) is 2. The zero-order chi connectivity index (χ0) is 18.2. The van der Waals surface area contributed by atoms with Crippen molar-refractivity contribution >= 4 is 39.2 Å². The molecule has 1 amide bonds. The number of ether oxygens (including phenoxy) is 1. The minimum absolute atomic E-state index is 0.135. The molecular weight excluding hydrogens is 358 g/mol. The van der Waals surface area contributed by atoms with Crippen LogP contribution in [-0.2, 0) is 24.3 Å². The Morgan fingerprint density at radius 2 is 2.12 bits per heavy atom. The van der Waals surface area contributed by atoms with Gasteiger partial charge in [0, 0.05) is 11.6 Å². The summed E-state index contributed by atoms with van der Waals surface area (Å²) in [6, 6.07) is 7.83. The number of rotatable bonds is 8. The van der Waals surface area contributed by atoms with E-state index in [1.807, 2.05) is 6.07 Å². The van der Waals surface area contributed by atoms with Gasteiger partial charge >= 0.3 is 5.97 Å². The fraction of sp³-hybridized carbons (Fsp3) is 0.357. The van der Waals surface area contributed by atoms with Crippen LogP contribution in [0.5, 0.6) is 0 Å². The summed E-state index contributed by atoms with van der Waals surface area (Å²) in [5.41, 5.74) is 0.209. The van der Waals surface area contributed by atoms with Crippen LogP contribution in [0.2, 0.25) is 5.02 Å². The maximum Gasteiger partial charge on any atom is 0.327 e. The molecule has 24 heavy (non-hydrogen) atoms. The largest absolute Gasteiger partial charge is 0.454 e. The minimum Gasteiger partial charge on any atom is -0.454 e. The number of hydrogen-bond acceptors (Lipinski definition) is 6. The molecule has 0 saturated carbocycles. The molecule has 0 aliphatic heterocycles. The molecule has 0 aromatic heterocycles. The van der Waals surface area contributed by atoms with Gasteiger partial charge in [-0.15, -0.1) is 0 Å². The Balaban J connectivity index is 2.67. The number of benzene rings is 1. The van der Waals surface area contributed by atoms with E-state index in [4.69, 9.17) is 21.6 Å². The number of amides is 1. The van der Waals surface area contributed by atoms with Crippen molar-refractivity contribution < 1.29 is 22.7 Å². The lowest BCUT2D eigenvalue weighted by Crippen LogP contribution is -2.37. The van der Waals surface area contributed by atoms with Crippen molar-refractivity contribution in [3.05, 3.63) is 29.3 Å². The van der Waals surface area contributed by atoms with Gasteiger partial charge in [-0.05, 0) is 18.2 Å². The molecular formula is C14H16ClN3O5S. The summed E-state index contributed by atoms with van der Waals surface area (Å²) in [4.78, 5) is 23.2. The van der Waals surface area contributed by atoms with Gasteiger partial charge in [-0.3, -0.25) is 13.9 Å². The van der Waals surface area contributed by atoms with E-state index in [0.717, 1.165) is 10.6 Å². The highest BCUT2D eigenvalue weighted by molar-refractivity contribution is 7.92. The number of halogens is 1. The first kappa shape index (κ1) is 19.7. The van der Waals surface area contributed by atoms with Gasteiger partial charge in [0.15, 0.2) is 6.61 Å². The van der Waals surface area contributed by atoms with E-state index in [1.165, 1.54) is 12.1 Å². The first-order chi connectivity index (χ1) is 11.2. The maximum atomic E-state index is 11.9. The van der Waals surface area contributed by atoms with Crippen LogP contribution in [-0.4, -0.2) is 46.2 Å². The third kappa shape index (κ3) is 6.85. The van der Waals surface area contributed by atoms with Gasteiger partial charge in [0.1, 0.15) is 6.54 Å². The lowest BCUT2D eigenvalue weighted by Gasteiger charge is -2.21. The molecule has 10 heteroatoms. The van der Waals surface area contributed by atoms with Crippen molar-refractivity contribution in [3.63, 3.8) is 0 Å². The molecule has 1 N–H and O–H groups in total. The number of nitrogens with one attached hydrogen (secondary N) is 1. The topological polar surface area (TPSA) is 117 Å². The lowest BCUT2D eigenvalue weighted by atomic mass is 10.3. The predicted molar refractivity (Wildman–Crippen MR) is 87.8 cm³/mol. The molecule has 0 fully saturated rings. The first-order valence-electron chi connectivity index (χ1n) is 6.76. The van der Waals surface area contributed by atoms with Crippen molar-refractivity contribution in [2.45, 2.75) is 6.42 Å². The normalized spacial score (nSPS) is 10.5. The monoisotopic (exact) mass is 373 g/mol. The SMILES string of the molecule is CS(=O)(=O)N(CC(=O)OCC(=O)NCCC#N)c1cccc(Cl)c1. The van der Waals surface area contributed by atoms with E-state index in [-0.39, 0.29) is 18.7 Å². The quantitative estimate of drug-likeness (QED) is 0.529. The maximum absolute atomic E-state index is 11.9. The number of carbonyl (C=O) groups excluding carboxylic acids is 2. The van der Waals surface area contributed by atoms with Gasteiger partial charge in [0.25, 0.3) is 5.91 Å². The fourth-order valence-electron chi connectivity index (χ4n) is 1.65. The van der Waals surface area contributed by atoms with Crippen molar-refractivity contribution in [3.8, 4) is 6.07 Å². The second-order valence-electron chi connectivity index (χ2n) is 4.67. The smallest absolute Gasteiger partial charge is 0.327 e. The van der Waals surface area contributed by atoms with Crippen LogP contribution >= 0.6 is 11.6 Å². The summed E-state index contributed by atoms with van der Waals surface area (Å²) in [7, 11) is -3.75. The highest BCUT2D eigenvalue weighted by Gasteiger charge is 2.22. The van der Waals surface area contributed by atoms with Gasteiger partial charge in [0.05, 0.1) is 24.4 Å². The van der Waals surface area contributed by atoms with Crippen LogP contribution in [0.3, 0.4) is 0 Å². The molecule has 8 nitrogen and oxygen atoms in total. The number of nitriles is 1. The van der Waals surface area contributed by atoms with Crippen molar-refractivity contribution in [2.24, 2.45) is 0 Å². The van der Waals surface area contributed by atoms with Crippen LogP contribution in [0.25, 0.3) is 0 Å². The predicted octanol–water partition coefficient (Wildman–Crippen LogP) is 0.679. The fourth-order valence-corrected chi connectivity index (χ4v) is 2.67. The van der Waals surface area contributed by atoms with Crippen molar-refractivity contribution in [2.75, 3.05) is 30.3 Å². The Hall–Kier alpha value is -2.31. The molecule has 0 aliphatic carbocycles. The van der Waals surface area contributed by atoms with E-state index in [1.54, 1.807) is 12.1 Å². The molecule has 0 radical (unpaired) electrons. The number of hydrogen-bond donors (Lipinski definition) is 1. The summed E-state index contributed by atoms with van der Waals surface area (Å²) < 4.78 is 29.3. The minimum atomic E-state index is -3.75. The summed E-state index contributed by atoms with van der Waals surface area (Å²) >= 11 is 5.83. The van der Waals surface area contributed by atoms with Crippen LogP contribution in [0.15, 0.2) is 24.3 Å². The third-order valence-corrected chi connectivity index (χ3v) is 4.07. The third-order valence-electron chi connectivity index (χ3n) is 2.69. The van der Waals surface area contributed by atoms with E-state index in [0.29, 0.717) is 5.02 Å². The van der Waals surface area contributed by atoms with E-state index in [9.17, 15) is 18.0 Å². The van der Waals surface area contributed by atoms with Crippen molar-refractivity contribution in [1.82, 2.24) is 5.32 Å². The van der Waals surface area contributed by atoms with Crippen LogP contribution in [0.4, 0.5) is 5.69 Å². The summed E-state index contributed by atoms with van der Waals surface area (Å²) in [6.45, 7) is -1.01. The lowest BCUT2D eigenvalue weighted by molar-refractivity contribution is -0.146. The van der Waals surface area contributed by atoms with Gasteiger partial charge in [-0.1, -0.05) is 17.7 Å². The molecule has 0 bridgehead atoms. The number of carbonyl (C=O) groups is 2. The molecule has 0 spiro atoms. The summed E-state index contributed by atoms with van der Waals surface area (Å²) in [5, 5.41) is 11.0. The van der Waals surface area contributed by atoms with E-state index in [2.05, 4.69) is 5.32 Å². The zero-order valence-electron chi connectivity index (χ0n) is 12.9. The Morgan fingerprint density at radius 1 is 1.42 bits per heavy atom. The average Bonchev–Trinajstić information content (AvgIpc) is 2.49. The van der Waals surface area contributed by atoms with Gasteiger partial charge < -0.3 is 10.1 Å². The first-order valence-corrected chi connectivity index (χ1v) is 8.99. The van der Waals surface area contributed by atoms with E-state index >= 15 is 0 Å². The highest BCUT2D eigenvalue weighted by atomic mass is 35.5. The second-order valence-corrected chi connectivity index (χ2v) is 7.01. The Morgan fingerprint density at radius 3 is 2.71 bits per heavy atom. The summed E-state index contributed by atoms with van der Waals surface area (Å²) in [6.07, 6.45) is 1.08.